The van der Waals surface area contributed by atoms with E-state index in [-0.39, 0.29) is 18.4 Å². The van der Waals surface area contributed by atoms with E-state index in [0.29, 0.717) is 5.69 Å². The quantitative estimate of drug-likeness (QED) is 0.657. The summed E-state index contributed by atoms with van der Waals surface area (Å²) in [6.45, 7) is 3.63. The summed E-state index contributed by atoms with van der Waals surface area (Å²) in [5, 5.41) is 23.2. The number of aryl methyl sites for hydroxylation is 1. The molecule has 0 saturated heterocycles. The van der Waals surface area contributed by atoms with Gasteiger partial charge < -0.3 is 10.4 Å². The number of benzene rings is 2. The summed E-state index contributed by atoms with van der Waals surface area (Å²) < 4.78 is 0. The maximum absolute atomic E-state index is 11.3. The average molecular weight is 288 g/mol. The van der Waals surface area contributed by atoms with Crippen LogP contribution in [-0.2, 0) is 0 Å². The number of anilines is 2. The highest BCUT2D eigenvalue weighted by atomic mass is 16.6. The molecule has 0 aliphatic rings. The highest BCUT2D eigenvalue weighted by Gasteiger charge is 2.18. The van der Waals surface area contributed by atoms with E-state index in [0.717, 1.165) is 11.1 Å². The summed E-state index contributed by atoms with van der Waals surface area (Å²) in [4.78, 5) is 21.8. The minimum atomic E-state index is -1.08. The van der Waals surface area contributed by atoms with Gasteiger partial charge in [-0.3, -0.25) is 10.1 Å². The Morgan fingerprint density at radius 1 is 1.24 bits per heavy atom. The molecule has 21 heavy (non-hydrogen) atoms. The number of nitrogens with zero attached hydrogens (tertiary/aromatic N) is 1. The Morgan fingerprint density at radius 3 is 2.52 bits per heavy atom. The molecule has 0 spiro atoms. The molecule has 6 nitrogen and oxygen atoms in total. The molecule has 0 aliphatic carbocycles. The third-order valence-electron chi connectivity index (χ3n) is 3.33. The van der Waals surface area contributed by atoms with Gasteiger partial charge in [0.1, 0.15) is 5.69 Å². The Bertz CT molecular complexity index is 731. The van der Waals surface area contributed by atoms with Crippen molar-refractivity contribution in [3.63, 3.8) is 0 Å². The number of nitrogens with one attached hydrogen (secondary N) is 1. The van der Waals surface area contributed by atoms with Crippen LogP contribution in [0.25, 0.3) is 0 Å². The van der Waals surface area contributed by atoms with Crippen molar-refractivity contribution in [2.75, 3.05) is 5.32 Å². The second-order valence-corrected chi connectivity index (χ2v) is 4.63. The molecular weight excluding hydrogens is 272 g/mol. The molecule has 0 bridgehead atoms. The van der Waals surface area contributed by atoms with Crippen LogP contribution in [0.2, 0.25) is 0 Å². The Balaban J connectivity index is 0.00000242. The Kier molecular flexibility index (Phi) is 3.89. The molecule has 0 heterocycles. The fraction of sp³-hybridized carbons (Fsp3) is 0.133. The first-order chi connectivity index (χ1) is 9.91. The van der Waals surface area contributed by atoms with Crippen molar-refractivity contribution in [2.24, 2.45) is 0 Å². The summed E-state index contributed by atoms with van der Waals surface area (Å²) in [7, 11) is 0. The minimum Gasteiger partial charge on any atom is -0.478 e. The van der Waals surface area contributed by atoms with Crippen LogP contribution < -0.4 is 5.32 Å². The molecule has 0 saturated carbocycles. The maximum Gasteiger partial charge on any atom is 0.337 e. The summed E-state index contributed by atoms with van der Waals surface area (Å²) in [6, 6.07) is 9.33. The topological polar surface area (TPSA) is 92.5 Å². The molecule has 0 aromatic heterocycles. The monoisotopic (exact) mass is 288 g/mol. The van der Waals surface area contributed by atoms with Crippen molar-refractivity contribution in [2.45, 2.75) is 13.8 Å². The molecule has 2 aromatic rings. The number of carboxylic acids is 1. The lowest BCUT2D eigenvalue weighted by atomic mass is 10.0. The smallest absolute Gasteiger partial charge is 0.337 e. The van der Waals surface area contributed by atoms with Gasteiger partial charge in [0.2, 0.25) is 0 Å². The van der Waals surface area contributed by atoms with Gasteiger partial charge in [-0.15, -0.1) is 0 Å². The zero-order valence-corrected chi connectivity index (χ0v) is 11.6. The number of carbonyl (C=O) groups is 1. The normalized spacial score (nSPS) is 10.2. The van der Waals surface area contributed by atoms with Crippen molar-refractivity contribution in [3.05, 3.63) is 63.2 Å². The van der Waals surface area contributed by atoms with Crippen LogP contribution in [0.3, 0.4) is 0 Å². The lowest BCUT2D eigenvalue weighted by molar-refractivity contribution is -0.383. The number of hydrogen-bond donors (Lipinski definition) is 2. The first kappa shape index (κ1) is 14.5. The number of aromatic carboxylic acids is 1. The average Bonchev–Trinajstić information content (AvgIpc) is 2.44. The predicted octanol–water partition coefficient (Wildman–Crippen LogP) is 3.90. The zero-order valence-electron chi connectivity index (χ0n) is 11.6. The molecule has 0 aliphatic heterocycles. The minimum absolute atomic E-state index is 0. The van der Waals surface area contributed by atoms with Crippen LogP contribution in [0, 0.1) is 24.0 Å². The molecule has 2 N–H and O–H groups in total. The van der Waals surface area contributed by atoms with E-state index in [9.17, 15) is 20.0 Å². The Hall–Kier alpha value is -2.89. The summed E-state index contributed by atoms with van der Waals surface area (Å²) in [5.74, 6) is -1.08. The summed E-state index contributed by atoms with van der Waals surface area (Å²) in [6.07, 6.45) is 0. The van der Waals surface area contributed by atoms with Crippen molar-refractivity contribution < 1.29 is 16.3 Å². The summed E-state index contributed by atoms with van der Waals surface area (Å²) in [5.41, 5.74) is 2.26. The van der Waals surface area contributed by atoms with Crippen molar-refractivity contribution >= 4 is 23.0 Å². The van der Waals surface area contributed by atoms with Gasteiger partial charge in [-0.05, 0) is 37.1 Å². The molecule has 0 unspecified atom stereocenters. The molecule has 110 valence electrons. The number of para-hydroxylation sites is 2. The molecule has 2 aromatic carbocycles. The number of nitro groups is 1. The van der Waals surface area contributed by atoms with Crippen LogP contribution in [-0.4, -0.2) is 16.0 Å². The van der Waals surface area contributed by atoms with E-state index >= 15 is 0 Å². The fourth-order valence-corrected chi connectivity index (χ4v) is 2.03. The first-order valence-electron chi connectivity index (χ1n) is 6.25. The maximum atomic E-state index is 11.3. The number of carboxylic acid groups (broad SMARTS) is 1. The van der Waals surface area contributed by atoms with Gasteiger partial charge >= 0.3 is 5.97 Å². The molecule has 0 radical (unpaired) electrons. The van der Waals surface area contributed by atoms with E-state index in [1.807, 2.05) is 6.92 Å². The predicted molar refractivity (Wildman–Crippen MR) is 81.4 cm³/mol. The second kappa shape index (κ2) is 5.62. The fourth-order valence-electron chi connectivity index (χ4n) is 2.03. The Labute approximate surface area is 122 Å². The van der Waals surface area contributed by atoms with Crippen LogP contribution in [0.1, 0.15) is 22.9 Å². The third-order valence-corrected chi connectivity index (χ3v) is 3.33. The zero-order chi connectivity index (χ0) is 15.6. The van der Waals surface area contributed by atoms with E-state index in [1.54, 1.807) is 31.2 Å². The molecule has 0 fully saturated rings. The summed E-state index contributed by atoms with van der Waals surface area (Å²) >= 11 is 0. The molecule has 2 rings (SSSR count). The third kappa shape index (κ3) is 2.84. The van der Waals surface area contributed by atoms with Crippen LogP contribution in [0.4, 0.5) is 17.1 Å². The highest BCUT2D eigenvalue weighted by molar-refractivity contribution is 5.96. The van der Waals surface area contributed by atoms with Gasteiger partial charge in [-0.2, -0.15) is 0 Å². The first-order valence-corrected chi connectivity index (χ1v) is 6.25. The largest absolute Gasteiger partial charge is 0.478 e. The lowest BCUT2D eigenvalue weighted by Gasteiger charge is -2.14. The van der Waals surface area contributed by atoms with Gasteiger partial charge in [-0.1, -0.05) is 18.2 Å². The Morgan fingerprint density at radius 2 is 1.90 bits per heavy atom. The molecule has 6 heteroatoms. The van der Waals surface area contributed by atoms with Gasteiger partial charge in [0, 0.05) is 7.49 Å². The lowest BCUT2D eigenvalue weighted by Crippen LogP contribution is -2.06. The van der Waals surface area contributed by atoms with Gasteiger partial charge in [0.15, 0.2) is 0 Å². The van der Waals surface area contributed by atoms with Crippen molar-refractivity contribution in [1.82, 2.24) is 0 Å². The van der Waals surface area contributed by atoms with E-state index < -0.39 is 10.9 Å². The van der Waals surface area contributed by atoms with Crippen LogP contribution >= 0.6 is 0 Å². The standard InChI is InChI=1S/C15H14N2O4.H2/c1-9-7-8-11(15(18)19)14(10(9)2)16-12-5-3-4-6-13(12)17(20)21;/h3-8,16H,1-2H3,(H,18,19);1H. The highest BCUT2D eigenvalue weighted by Crippen LogP contribution is 2.32. The van der Waals surface area contributed by atoms with Gasteiger partial charge in [0.05, 0.1) is 16.2 Å². The molecular formula is C15H16N2O4. The van der Waals surface area contributed by atoms with Crippen molar-refractivity contribution in [1.29, 1.82) is 0 Å². The number of rotatable bonds is 4. The van der Waals surface area contributed by atoms with Gasteiger partial charge in [-0.25, -0.2) is 4.79 Å². The van der Waals surface area contributed by atoms with Crippen LogP contribution in [0.5, 0.6) is 0 Å². The van der Waals surface area contributed by atoms with Crippen molar-refractivity contribution in [3.8, 4) is 0 Å². The van der Waals surface area contributed by atoms with Gasteiger partial charge in [0.25, 0.3) is 5.69 Å². The van der Waals surface area contributed by atoms with E-state index in [1.165, 1.54) is 12.1 Å². The molecule has 0 amide bonds. The second-order valence-electron chi connectivity index (χ2n) is 4.63. The van der Waals surface area contributed by atoms with Crippen LogP contribution in [0.15, 0.2) is 36.4 Å². The van der Waals surface area contributed by atoms with E-state index in [4.69, 9.17) is 0 Å². The van der Waals surface area contributed by atoms with E-state index in [2.05, 4.69) is 5.32 Å². The number of nitro benzene ring substituents is 1. The number of hydrogen-bond acceptors (Lipinski definition) is 4. The molecule has 0 atom stereocenters. The SMILES string of the molecule is Cc1ccc(C(=O)O)c(Nc2ccccc2[N+](=O)[O-])c1C.[HH].